The van der Waals surface area contributed by atoms with Crippen molar-refractivity contribution in [2.45, 2.75) is 18.9 Å². The van der Waals surface area contributed by atoms with Crippen LogP contribution >= 0.6 is 22.9 Å². The molecule has 1 aliphatic heterocycles. The summed E-state index contributed by atoms with van der Waals surface area (Å²) in [7, 11) is 0. The number of carbonyl (C=O) groups is 1. The first-order valence-electron chi connectivity index (χ1n) is 9.91. The molecule has 3 aromatic rings. The van der Waals surface area contributed by atoms with Gasteiger partial charge >= 0.3 is 6.05 Å². The van der Waals surface area contributed by atoms with Crippen molar-refractivity contribution >= 4 is 50.4 Å². The number of carbonyl (C=O) groups excluding carboxylic acids is 1. The van der Waals surface area contributed by atoms with Gasteiger partial charge in [0, 0.05) is 44.2 Å². The van der Waals surface area contributed by atoms with Crippen LogP contribution in [0, 0.1) is 0 Å². The molecule has 1 saturated heterocycles. The summed E-state index contributed by atoms with van der Waals surface area (Å²) in [5.74, 6) is -0.826. The van der Waals surface area contributed by atoms with Crippen LogP contribution in [0.3, 0.4) is 0 Å². The molecule has 0 saturated carbocycles. The number of nitrogens with zero attached hydrogens (tertiary/aromatic N) is 2. The van der Waals surface area contributed by atoms with E-state index in [-0.39, 0.29) is 11.3 Å². The largest absolute Gasteiger partial charge is 0.397 e. The summed E-state index contributed by atoms with van der Waals surface area (Å²) < 4.78 is 28.9. The molecule has 0 spiro atoms. The van der Waals surface area contributed by atoms with E-state index in [1.54, 1.807) is 30.5 Å². The Hall–Kier alpha value is -2.49. The number of fused-ring (bicyclic) bond motifs is 1. The lowest BCUT2D eigenvalue weighted by Crippen LogP contribution is -2.43. The van der Waals surface area contributed by atoms with Gasteiger partial charge < -0.3 is 16.0 Å². The van der Waals surface area contributed by atoms with Crippen molar-refractivity contribution < 1.29 is 13.6 Å². The standard InChI is InChI=1S/C21H22ClF2N5OS/c22-17-15(29-10-8-26-9-11-29)4-3-13(18(17)25)5-6-21(23,24)28-19(30)16-12-14-2-1-7-27-20(14)31-16/h1-4,7,12,26H,5-6,8-11,25H2,(H,28,30). The number of thiophene rings is 1. The second-order valence-corrected chi connectivity index (χ2v) is 8.78. The Bertz CT molecular complexity index is 1070. The summed E-state index contributed by atoms with van der Waals surface area (Å²) in [5.41, 5.74) is 7.78. The fourth-order valence-corrected chi connectivity index (χ4v) is 4.76. The number of alkyl halides is 2. The first-order chi connectivity index (χ1) is 14.8. The minimum atomic E-state index is -3.39. The molecule has 0 aliphatic carbocycles. The summed E-state index contributed by atoms with van der Waals surface area (Å²) in [4.78, 5) is 19.4. The molecule has 3 heterocycles. The van der Waals surface area contributed by atoms with Crippen LogP contribution in [0.1, 0.15) is 21.7 Å². The van der Waals surface area contributed by atoms with Gasteiger partial charge in [0.25, 0.3) is 5.91 Å². The summed E-state index contributed by atoms with van der Waals surface area (Å²) in [6.45, 7) is 3.30. The molecule has 4 N–H and O–H groups in total. The second-order valence-electron chi connectivity index (χ2n) is 7.38. The van der Waals surface area contributed by atoms with Gasteiger partial charge in [-0.05, 0) is 30.2 Å². The number of nitrogen functional groups attached to an aromatic ring is 1. The minimum absolute atomic E-state index is 0.0192. The summed E-state index contributed by atoms with van der Waals surface area (Å²) >= 11 is 7.51. The molecule has 1 fully saturated rings. The molecule has 10 heteroatoms. The number of aryl methyl sites for hydroxylation is 1. The van der Waals surface area contributed by atoms with Gasteiger partial charge in [-0.1, -0.05) is 23.7 Å². The minimum Gasteiger partial charge on any atom is -0.397 e. The molecule has 0 unspecified atom stereocenters. The molecule has 31 heavy (non-hydrogen) atoms. The van der Waals surface area contributed by atoms with Crippen LogP contribution in [-0.4, -0.2) is 43.1 Å². The topological polar surface area (TPSA) is 83.3 Å². The molecule has 2 aromatic heterocycles. The third-order valence-corrected chi connectivity index (χ3v) is 6.68. The van der Waals surface area contributed by atoms with Gasteiger partial charge in [0.2, 0.25) is 0 Å². The Kier molecular flexibility index (Phi) is 6.27. The number of halogens is 3. The number of hydrogen-bond donors (Lipinski definition) is 3. The highest BCUT2D eigenvalue weighted by molar-refractivity contribution is 7.20. The van der Waals surface area contributed by atoms with E-state index in [9.17, 15) is 13.6 Å². The number of anilines is 2. The Morgan fingerprint density at radius 3 is 2.84 bits per heavy atom. The maximum atomic E-state index is 14.5. The highest BCUT2D eigenvalue weighted by Gasteiger charge is 2.32. The third kappa shape index (κ3) is 4.89. The molecule has 6 nitrogen and oxygen atoms in total. The number of nitrogens with one attached hydrogen (secondary N) is 2. The van der Waals surface area contributed by atoms with Crippen LogP contribution in [0.15, 0.2) is 36.5 Å². The van der Waals surface area contributed by atoms with Crippen molar-refractivity contribution in [1.82, 2.24) is 15.6 Å². The van der Waals surface area contributed by atoms with E-state index in [2.05, 4.69) is 15.2 Å². The smallest absolute Gasteiger partial charge is 0.326 e. The van der Waals surface area contributed by atoms with Crippen LogP contribution in [0.2, 0.25) is 5.02 Å². The number of amides is 1. The van der Waals surface area contributed by atoms with Gasteiger partial charge in [0.05, 0.1) is 21.3 Å². The number of hydrogen-bond acceptors (Lipinski definition) is 6. The Balaban J connectivity index is 1.41. The predicted octanol–water partition coefficient (Wildman–Crippen LogP) is 3.90. The van der Waals surface area contributed by atoms with Crippen LogP contribution in [0.25, 0.3) is 10.2 Å². The monoisotopic (exact) mass is 465 g/mol. The van der Waals surface area contributed by atoms with Crippen molar-refractivity contribution in [2.75, 3.05) is 36.8 Å². The maximum Gasteiger partial charge on any atom is 0.326 e. The van der Waals surface area contributed by atoms with Crippen molar-refractivity contribution in [3.63, 3.8) is 0 Å². The lowest BCUT2D eigenvalue weighted by atomic mass is 10.0. The number of pyridine rings is 1. The third-order valence-electron chi connectivity index (χ3n) is 5.23. The fourth-order valence-electron chi connectivity index (χ4n) is 3.56. The summed E-state index contributed by atoms with van der Waals surface area (Å²) in [5, 5.41) is 6.21. The van der Waals surface area contributed by atoms with E-state index in [0.717, 1.165) is 48.6 Å². The zero-order valence-corrected chi connectivity index (χ0v) is 18.2. The van der Waals surface area contributed by atoms with Crippen LogP contribution in [0.4, 0.5) is 20.2 Å². The van der Waals surface area contributed by atoms with Crippen molar-refractivity contribution in [2.24, 2.45) is 0 Å². The Morgan fingerprint density at radius 2 is 2.10 bits per heavy atom. The van der Waals surface area contributed by atoms with E-state index in [0.29, 0.717) is 21.1 Å². The molecule has 1 amide bonds. The zero-order chi connectivity index (χ0) is 22.0. The molecular formula is C21H22ClF2N5OS. The van der Waals surface area contributed by atoms with Crippen LogP contribution < -0.4 is 21.3 Å². The highest BCUT2D eigenvalue weighted by Crippen LogP contribution is 2.35. The highest BCUT2D eigenvalue weighted by atomic mass is 35.5. The maximum absolute atomic E-state index is 14.5. The number of benzene rings is 1. The van der Waals surface area contributed by atoms with Gasteiger partial charge in [-0.2, -0.15) is 8.78 Å². The van der Waals surface area contributed by atoms with Gasteiger partial charge in [0.1, 0.15) is 4.83 Å². The molecule has 1 aliphatic rings. The molecule has 0 radical (unpaired) electrons. The van der Waals surface area contributed by atoms with Crippen molar-refractivity contribution in [3.8, 4) is 0 Å². The molecule has 0 atom stereocenters. The first-order valence-corrected chi connectivity index (χ1v) is 11.1. The molecule has 4 rings (SSSR count). The number of piperazine rings is 1. The normalized spacial score (nSPS) is 14.7. The predicted molar refractivity (Wildman–Crippen MR) is 121 cm³/mol. The molecule has 1 aromatic carbocycles. The van der Waals surface area contributed by atoms with Gasteiger partial charge in [-0.3, -0.25) is 10.1 Å². The SMILES string of the molecule is Nc1c(CCC(F)(F)NC(=O)c2cc3cccnc3s2)ccc(N2CCNCC2)c1Cl. The summed E-state index contributed by atoms with van der Waals surface area (Å²) in [6, 6.07) is 5.23. The number of nitrogens with two attached hydrogens (primary N) is 1. The summed E-state index contributed by atoms with van der Waals surface area (Å²) in [6.07, 6.45) is 0.988. The van der Waals surface area contributed by atoms with E-state index in [1.165, 1.54) is 0 Å². The zero-order valence-electron chi connectivity index (χ0n) is 16.6. The molecular weight excluding hydrogens is 444 g/mol. The van der Waals surface area contributed by atoms with Crippen LogP contribution in [-0.2, 0) is 6.42 Å². The first kappa shape index (κ1) is 21.7. The lowest BCUT2D eigenvalue weighted by molar-refractivity contribution is -0.0343. The average Bonchev–Trinajstić information content (AvgIpc) is 3.20. The molecule has 164 valence electrons. The van der Waals surface area contributed by atoms with Crippen molar-refractivity contribution in [1.29, 1.82) is 0 Å². The average molecular weight is 466 g/mol. The number of aromatic nitrogens is 1. The van der Waals surface area contributed by atoms with E-state index in [4.69, 9.17) is 17.3 Å². The number of rotatable bonds is 6. The van der Waals surface area contributed by atoms with Gasteiger partial charge in [0.15, 0.2) is 0 Å². The second kappa shape index (κ2) is 8.94. The van der Waals surface area contributed by atoms with Crippen molar-refractivity contribution in [3.05, 3.63) is 52.0 Å². The lowest BCUT2D eigenvalue weighted by Gasteiger charge is -2.31. The Morgan fingerprint density at radius 1 is 1.32 bits per heavy atom. The molecule has 0 bridgehead atoms. The Labute approximate surface area is 187 Å². The van der Waals surface area contributed by atoms with E-state index >= 15 is 0 Å². The quantitative estimate of drug-likeness (QED) is 0.380. The van der Waals surface area contributed by atoms with Gasteiger partial charge in [-0.15, -0.1) is 11.3 Å². The van der Waals surface area contributed by atoms with Gasteiger partial charge in [-0.25, -0.2) is 4.98 Å². The van der Waals surface area contributed by atoms with E-state index < -0.39 is 18.4 Å². The fraction of sp³-hybridized carbons (Fsp3) is 0.333. The van der Waals surface area contributed by atoms with Crippen LogP contribution in [0.5, 0.6) is 0 Å². The van der Waals surface area contributed by atoms with E-state index in [1.807, 2.05) is 11.4 Å².